The number of carboxylic acids is 1. The van der Waals surface area contributed by atoms with Crippen molar-refractivity contribution in [1.82, 2.24) is 10.6 Å². The molecule has 1 aromatic carbocycles. The first-order valence-electron chi connectivity index (χ1n) is 8.64. The van der Waals surface area contributed by atoms with Gasteiger partial charge in [0.25, 0.3) is 0 Å². The fourth-order valence-corrected chi connectivity index (χ4v) is 2.12. The summed E-state index contributed by atoms with van der Waals surface area (Å²) in [6.45, 7) is 6.62. The van der Waals surface area contributed by atoms with Gasteiger partial charge in [0, 0.05) is 13.0 Å². The first-order chi connectivity index (χ1) is 12.5. The fraction of sp³-hybridized carbons (Fsp3) is 0.526. The van der Waals surface area contributed by atoms with Gasteiger partial charge in [-0.05, 0) is 38.5 Å². The Morgan fingerprint density at radius 1 is 1.15 bits per heavy atom. The van der Waals surface area contributed by atoms with E-state index in [1.807, 2.05) is 0 Å². The van der Waals surface area contributed by atoms with Crippen LogP contribution in [0.1, 0.15) is 33.3 Å². The van der Waals surface area contributed by atoms with E-state index in [1.54, 1.807) is 52.1 Å². The molecule has 0 aliphatic carbocycles. The van der Waals surface area contributed by atoms with E-state index in [0.717, 1.165) is 5.56 Å². The highest BCUT2D eigenvalue weighted by Gasteiger charge is 2.25. The van der Waals surface area contributed by atoms with E-state index in [0.29, 0.717) is 5.75 Å². The number of nitrogens with one attached hydrogen (secondary N) is 2. The molecule has 8 nitrogen and oxygen atoms in total. The first kappa shape index (κ1) is 22.3. The highest BCUT2D eigenvalue weighted by molar-refractivity contribution is 5.86. The average Bonchev–Trinajstić information content (AvgIpc) is 2.57. The van der Waals surface area contributed by atoms with Crippen molar-refractivity contribution in [2.75, 3.05) is 13.7 Å². The predicted molar refractivity (Wildman–Crippen MR) is 99.7 cm³/mol. The third-order valence-electron chi connectivity index (χ3n) is 3.61. The van der Waals surface area contributed by atoms with E-state index in [2.05, 4.69) is 10.6 Å². The van der Waals surface area contributed by atoms with Crippen molar-refractivity contribution < 1.29 is 29.0 Å². The van der Waals surface area contributed by atoms with E-state index in [4.69, 9.17) is 14.6 Å². The van der Waals surface area contributed by atoms with Gasteiger partial charge in [0.15, 0.2) is 0 Å². The summed E-state index contributed by atoms with van der Waals surface area (Å²) < 4.78 is 10.3. The normalized spacial score (nSPS) is 13.2. The summed E-state index contributed by atoms with van der Waals surface area (Å²) in [4.78, 5) is 35.5. The van der Waals surface area contributed by atoms with Crippen molar-refractivity contribution in [3.05, 3.63) is 29.8 Å². The molecule has 0 aromatic heterocycles. The van der Waals surface area contributed by atoms with Crippen molar-refractivity contribution in [1.29, 1.82) is 0 Å². The van der Waals surface area contributed by atoms with Crippen LogP contribution in [0.4, 0.5) is 4.79 Å². The molecule has 0 saturated carbocycles. The van der Waals surface area contributed by atoms with Gasteiger partial charge in [-0.2, -0.15) is 0 Å². The largest absolute Gasteiger partial charge is 0.497 e. The molecular formula is C19H28N2O6. The number of ether oxygens (including phenoxy) is 2. The molecule has 0 aliphatic rings. The quantitative estimate of drug-likeness (QED) is 0.635. The number of aliphatic carboxylic acids is 1. The fourth-order valence-electron chi connectivity index (χ4n) is 2.12. The number of alkyl carbamates (subject to hydrolysis) is 1. The van der Waals surface area contributed by atoms with Crippen LogP contribution in [-0.4, -0.2) is 48.4 Å². The van der Waals surface area contributed by atoms with Crippen LogP contribution < -0.4 is 15.4 Å². The lowest BCUT2D eigenvalue weighted by atomic mass is 10.0. The van der Waals surface area contributed by atoms with E-state index < -0.39 is 35.5 Å². The summed E-state index contributed by atoms with van der Waals surface area (Å²) in [6, 6.07) is 6.18. The van der Waals surface area contributed by atoms with Crippen LogP contribution in [-0.2, 0) is 20.7 Å². The Balaban J connectivity index is 2.84. The number of rotatable bonds is 8. The maximum Gasteiger partial charge on any atom is 0.408 e. The number of carbonyl (C=O) groups excluding carboxylic acids is 2. The molecule has 27 heavy (non-hydrogen) atoms. The lowest BCUT2D eigenvalue weighted by Gasteiger charge is -2.23. The zero-order valence-corrected chi connectivity index (χ0v) is 16.4. The van der Waals surface area contributed by atoms with Gasteiger partial charge in [-0.1, -0.05) is 19.1 Å². The van der Waals surface area contributed by atoms with E-state index in [-0.39, 0.29) is 13.0 Å². The van der Waals surface area contributed by atoms with Gasteiger partial charge >= 0.3 is 12.1 Å². The molecule has 1 aromatic rings. The summed E-state index contributed by atoms with van der Waals surface area (Å²) >= 11 is 0. The standard InChI is InChI=1S/C19H28N2O6/c1-12(17(23)24)11-20-16(22)15(21-18(25)27-19(2,3)4)10-13-6-8-14(26-5)9-7-13/h6-9,12,15H,10-11H2,1-5H3,(H,20,22)(H,21,25)(H,23,24)/t12-,15-/m1/s1. The monoisotopic (exact) mass is 380 g/mol. The Morgan fingerprint density at radius 3 is 2.22 bits per heavy atom. The molecule has 2 atom stereocenters. The second kappa shape index (κ2) is 9.80. The number of methoxy groups -OCH3 is 1. The van der Waals surface area contributed by atoms with Crippen molar-refractivity contribution >= 4 is 18.0 Å². The molecule has 1 rings (SSSR count). The Bertz CT molecular complexity index is 651. The van der Waals surface area contributed by atoms with Crippen LogP contribution in [0.2, 0.25) is 0 Å². The van der Waals surface area contributed by atoms with Gasteiger partial charge in [0.05, 0.1) is 13.0 Å². The van der Waals surface area contributed by atoms with Crippen LogP contribution in [0.5, 0.6) is 5.75 Å². The summed E-state index contributed by atoms with van der Waals surface area (Å²) in [5.74, 6) is -1.56. The lowest BCUT2D eigenvalue weighted by Crippen LogP contribution is -2.50. The highest BCUT2D eigenvalue weighted by Crippen LogP contribution is 2.13. The Hall–Kier alpha value is -2.77. The number of carboxylic acid groups (broad SMARTS) is 1. The molecule has 0 bridgehead atoms. The van der Waals surface area contributed by atoms with E-state index in [1.165, 1.54) is 6.92 Å². The molecule has 150 valence electrons. The molecule has 0 spiro atoms. The van der Waals surface area contributed by atoms with Crippen molar-refractivity contribution in [2.45, 2.75) is 45.8 Å². The summed E-state index contributed by atoms with van der Waals surface area (Å²) in [5, 5.41) is 14.0. The molecule has 0 heterocycles. The molecule has 3 N–H and O–H groups in total. The smallest absolute Gasteiger partial charge is 0.408 e. The Morgan fingerprint density at radius 2 is 1.74 bits per heavy atom. The number of benzene rings is 1. The minimum Gasteiger partial charge on any atom is -0.497 e. The number of hydrogen-bond donors (Lipinski definition) is 3. The van der Waals surface area contributed by atoms with Gasteiger partial charge in [-0.3, -0.25) is 9.59 Å². The second-order valence-electron chi connectivity index (χ2n) is 7.24. The highest BCUT2D eigenvalue weighted by atomic mass is 16.6. The molecule has 2 amide bonds. The predicted octanol–water partition coefficient (Wildman–Crippen LogP) is 1.97. The zero-order valence-electron chi connectivity index (χ0n) is 16.4. The second-order valence-corrected chi connectivity index (χ2v) is 7.24. The molecule has 0 aliphatic heterocycles. The number of hydrogen-bond acceptors (Lipinski definition) is 5. The maximum atomic E-state index is 12.5. The lowest BCUT2D eigenvalue weighted by molar-refractivity contribution is -0.141. The summed E-state index contributed by atoms with van der Waals surface area (Å²) in [6.07, 6.45) is -0.501. The summed E-state index contributed by atoms with van der Waals surface area (Å²) in [7, 11) is 1.55. The van der Waals surface area contributed by atoms with E-state index >= 15 is 0 Å². The molecule has 0 fully saturated rings. The van der Waals surface area contributed by atoms with Crippen molar-refractivity contribution in [3.63, 3.8) is 0 Å². The van der Waals surface area contributed by atoms with Crippen LogP contribution in [0.25, 0.3) is 0 Å². The van der Waals surface area contributed by atoms with Crippen LogP contribution in [0.15, 0.2) is 24.3 Å². The van der Waals surface area contributed by atoms with Crippen molar-refractivity contribution in [2.24, 2.45) is 5.92 Å². The van der Waals surface area contributed by atoms with E-state index in [9.17, 15) is 14.4 Å². The molecule has 0 unspecified atom stereocenters. The maximum absolute atomic E-state index is 12.5. The third kappa shape index (κ3) is 8.44. The summed E-state index contributed by atoms with van der Waals surface area (Å²) in [5.41, 5.74) is 0.0987. The Labute approximate surface area is 159 Å². The Kier molecular flexibility index (Phi) is 8.08. The zero-order chi connectivity index (χ0) is 20.6. The van der Waals surface area contributed by atoms with Crippen molar-refractivity contribution in [3.8, 4) is 5.75 Å². The van der Waals surface area contributed by atoms with Gasteiger partial charge in [0.2, 0.25) is 5.91 Å². The third-order valence-corrected chi connectivity index (χ3v) is 3.61. The number of carbonyl (C=O) groups is 3. The number of amides is 2. The minimum atomic E-state index is -1.01. The SMILES string of the molecule is COc1ccc(C[C@@H](NC(=O)OC(C)(C)C)C(=O)NC[C@@H](C)C(=O)O)cc1. The molecule has 8 heteroatoms. The topological polar surface area (TPSA) is 114 Å². The molecule has 0 radical (unpaired) electrons. The molecular weight excluding hydrogens is 352 g/mol. The van der Waals surface area contributed by atoms with Crippen LogP contribution in [0, 0.1) is 5.92 Å². The van der Waals surface area contributed by atoms with Crippen LogP contribution >= 0.6 is 0 Å². The van der Waals surface area contributed by atoms with Gasteiger partial charge < -0.3 is 25.2 Å². The molecule has 0 saturated heterocycles. The first-order valence-corrected chi connectivity index (χ1v) is 8.64. The average molecular weight is 380 g/mol. The van der Waals surface area contributed by atoms with Crippen LogP contribution in [0.3, 0.4) is 0 Å². The van der Waals surface area contributed by atoms with Gasteiger partial charge in [0.1, 0.15) is 17.4 Å². The van der Waals surface area contributed by atoms with Gasteiger partial charge in [-0.25, -0.2) is 4.79 Å². The van der Waals surface area contributed by atoms with Gasteiger partial charge in [-0.15, -0.1) is 0 Å². The minimum absolute atomic E-state index is 0.0384.